The summed E-state index contributed by atoms with van der Waals surface area (Å²) in [6.07, 6.45) is 0.227. The lowest BCUT2D eigenvalue weighted by Crippen LogP contribution is -2.24. The molecule has 0 heterocycles. The van der Waals surface area contributed by atoms with E-state index < -0.39 is 54.5 Å². The summed E-state index contributed by atoms with van der Waals surface area (Å²) in [5.74, 6) is -2.79. The van der Waals surface area contributed by atoms with Crippen molar-refractivity contribution >= 4 is 118 Å². The van der Waals surface area contributed by atoms with Crippen LogP contribution in [-0.2, 0) is 33.6 Å². The quantitative estimate of drug-likeness (QED) is 0.222. The van der Waals surface area contributed by atoms with Crippen molar-refractivity contribution in [2.24, 2.45) is 17.8 Å². The third-order valence-electron chi connectivity index (χ3n) is 3.94. The summed E-state index contributed by atoms with van der Waals surface area (Å²) in [5, 5.41) is -4.69. The van der Waals surface area contributed by atoms with Gasteiger partial charge in [0.05, 0.1) is 0 Å². The molecular weight excluding hydrogens is 576 g/mol. The molecule has 0 N–H and O–H groups in total. The Morgan fingerprint density at radius 2 is 0.844 bits per heavy atom. The number of halogens is 7. The smallest absolute Gasteiger partial charge is 0.225 e. The van der Waals surface area contributed by atoms with Crippen molar-refractivity contribution in [1.29, 1.82) is 0 Å². The fourth-order valence-corrected chi connectivity index (χ4v) is 3.50. The molecule has 0 bridgehead atoms. The van der Waals surface area contributed by atoms with Crippen LogP contribution in [0.1, 0.15) is 51.4 Å². The van der Waals surface area contributed by atoms with Crippen LogP contribution in [-0.4, -0.2) is 36.7 Å². The lowest BCUT2D eigenvalue weighted by Gasteiger charge is -2.20. The zero-order valence-corrected chi connectivity index (χ0v) is 21.7. The molecule has 0 spiro atoms. The lowest BCUT2D eigenvalue weighted by atomic mass is 9.85. The third-order valence-corrected chi connectivity index (χ3v) is 5.59. The largest absolute Gasteiger partial charge is 0.281 e. The Balaban J connectivity index is 0. The van der Waals surface area contributed by atoms with Crippen molar-refractivity contribution in [2.75, 3.05) is 0 Å². The van der Waals surface area contributed by atoms with Gasteiger partial charge in [-0.25, -0.2) is 0 Å². The van der Waals surface area contributed by atoms with Gasteiger partial charge in [-0.3, -0.25) is 33.6 Å². The number of carbonyl (C=O) groups excluding carboxylic acids is 7. The van der Waals surface area contributed by atoms with Crippen LogP contribution in [0.15, 0.2) is 0 Å². The SMILES string of the molecule is O=C(Cl)CCC(CC(CC(CC(=O)Cl)C(=O)Cl)C(=O)Cl)C(=O)Cl.O=C(Cl)CCCC(=O)Cl. The molecule has 0 aromatic carbocycles. The highest BCUT2D eigenvalue weighted by molar-refractivity contribution is 6.67. The highest BCUT2D eigenvalue weighted by Crippen LogP contribution is 2.29. The highest BCUT2D eigenvalue weighted by atomic mass is 35.5. The van der Waals surface area contributed by atoms with Crippen molar-refractivity contribution in [3.63, 3.8) is 0 Å². The molecule has 0 amide bonds. The fourth-order valence-electron chi connectivity index (χ4n) is 2.40. The van der Waals surface area contributed by atoms with Crippen LogP contribution in [0.5, 0.6) is 0 Å². The van der Waals surface area contributed by atoms with Gasteiger partial charge in [-0.2, -0.15) is 0 Å². The first-order chi connectivity index (χ1) is 14.7. The average molecular weight is 596 g/mol. The zero-order valence-electron chi connectivity index (χ0n) is 16.4. The van der Waals surface area contributed by atoms with Gasteiger partial charge >= 0.3 is 0 Å². The van der Waals surface area contributed by atoms with E-state index in [9.17, 15) is 33.6 Å². The predicted molar refractivity (Wildman–Crippen MR) is 123 cm³/mol. The molecule has 0 saturated carbocycles. The van der Waals surface area contributed by atoms with Crippen LogP contribution >= 0.6 is 81.2 Å². The van der Waals surface area contributed by atoms with Crippen molar-refractivity contribution in [3.05, 3.63) is 0 Å². The van der Waals surface area contributed by atoms with E-state index in [1.165, 1.54) is 0 Å². The van der Waals surface area contributed by atoms with Crippen molar-refractivity contribution in [1.82, 2.24) is 0 Å². The maximum Gasteiger partial charge on any atom is 0.225 e. The van der Waals surface area contributed by atoms with Gasteiger partial charge in [0.15, 0.2) is 0 Å². The Morgan fingerprint density at radius 3 is 1.16 bits per heavy atom. The van der Waals surface area contributed by atoms with Gasteiger partial charge < -0.3 is 0 Å². The van der Waals surface area contributed by atoms with Gasteiger partial charge in [0.25, 0.3) is 0 Å². The molecule has 0 saturated heterocycles. The summed E-state index contributed by atoms with van der Waals surface area (Å²) in [6.45, 7) is 0. The first-order valence-electron chi connectivity index (χ1n) is 8.98. The van der Waals surface area contributed by atoms with Gasteiger partial charge in [-0.05, 0) is 107 Å². The molecule has 0 rings (SSSR count). The monoisotopic (exact) mass is 592 g/mol. The summed E-state index contributed by atoms with van der Waals surface area (Å²) < 4.78 is 0. The molecule has 14 heteroatoms. The molecule has 3 atom stereocenters. The van der Waals surface area contributed by atoms with Crippen LogP contribution in [0.3, 0.4) is 0 Å². The Bertz CT molecular complexity index is 698. The first kappa shape index (κ1) is 33.9. The standard InChI is InChI=1S/C13H13Cl5O5.C5H6Cl2O2/c14-9(19)2-1-6(11(16)21)3-7(12(17)22)4-8(13(18)23)5-10(15)20;6-4(8)2-1-3-5(7)9/h6-8H,1-5H2;1-3H2. The molecule has 0 aliphatic heterocycles. The van der Waals surface area contributed by atoms with E-state index in [1.807, 2.05) is 0 Å². The minimum atomic E-state index is -1.00. The molecule has 0 radical (unpaired) electrons. The molecular formula is C18H19Cl7O7. The van der Waals surface area contributed by atoms with Gasteiger partial charge in [0.1, 0.15) is 0 Å². The molecule has 182 valence electrons. The van der Waals surface area contributed by atoms with Crippen LogP contribution in [0.4, 0.5) is 0 Å². The number of hydrogen-bond donors (Lipinski definition) is 0. The van der Waals surface area contributed by atoms with E-state index in [0.29, 0.717) is 6.42 Å². The topological polar surface area (TPSA) is 119 Å². The molecule has 0 fully saturated rings. The molecule has 0 aliphatic rings. The van der Waals surface area contributed by atoms with Gasteiger partial charge in [-0.15, -0.1) is 0 Å². The Labute approximate surface area is 219 Å². The molecule has 3 unspecified atom stereocenters. The molecule has 32 heavy (non-hydrogen) atoms. The fraction of sp³-hybridized carbons (Fsp3) is 0.611. The maximum atomic E-state index is 11.5. The summed E-state index contributed by atoms with van der Waals surface area (Å²) in [7, 11) is 0. The van der Waals surface area contributed by atoms with Crippen molar-refractivity contribution < 1.29 is 33.6 Å². The van der Waals surface area contributed by atoms with Crippen LogP contribution in [0.2, 0.25) is 0 Å². The van der Waals surface area contributed by atoms with Gasteiger partial charge in [0, 0.05) is 43.4 Å². The van der Waals surface area contributed by atoms with Crippen molar-refractivity contribution in [2.45, 2.75) is 51.4 Å². The minimum Gasteiger partial charge on any atom is -0.281 e. The second-order valence-electron chi connectivity index (χ2n) is 6.49. The summed E-state index contributed by atoms with van der Waals surface area (Å²) in [5.41, 5.74) is 0. The van der Waals surface area contributed by atoms with E-state index in [2.05, 4.69) is 0 Å². The van der Waals surface area contributed by atoms with Crippen LogP contribution in [0.25, 0.3) is 0 Å². The van der Waals surface area contributed by atoms with E-state index in [4.69, 9.17) is 81.2 Å². The summed E-state index contributed by atoms with van der Waals surface area (Å²) in [4.78, 5) is 76.0. The first-order valence-corrected chi connectivity index (χ1v) is 11.6. The normalized spacial score (nSPS) is 13.1. The highest BCUT2D eigenvalue weighted by Gasteiger charge is 2.31. The number of carbonyl (C=O) groups is 7. The predicted octanol–water partition coefficient (Wildman–Crippen LogP) is 5.30. The van der Waals surface area contributed by atoms with Crippen molar-refractivity contribution in [3.8, 4) is 0 Å². The third kappa shape index (κ3) is 20.3. The van der Waals surface area contributed by atoms with E-state index in [-0.39, 0.29) is 44.9 Å². The molecule has 0 aromatic heterocycles. The molecule has 7 nitrogen and oxygen atoms in total. The Hall–Kier alpha value is -0.280. The van der Waals surface area contributed by atoms with E-state index in [0.717, 1.165) is 0 Å². The second-order valence-corrected chi connectivity index (χ2v) is 9.30. The zero-order chi connectivity index (χ0) is 25.4. The van der Waals surface area contributed by atoms with E-state index >= 15 is 0 Å². The van der Waals surface area contributed by atoms with Gasteiger partial charge in [-0.1, -0.05) is 0 Å². The Morgan fingerprint density at radius 1 is 0.469 bits per heavy atom. The maximum absolute atomic E-state index is 11.5. The minimum absolute atomic E-state index is 0.0409. The molecule has 0 aliphatic carbocycles. The molecule has 0 aromatic rings. The summed E-state index contributed by atoms with van der Waals surface area (Å²) in [6, 6.07) is 0. The van der Waals surface area contributed by atoms with Crippen LogP contribution < -0.4 is 0 Å². The second kappa shape index (κ2) is 19.1. The van der Waals surface area contributed by atoms with Gasteiger partial charge in [0.2, 0.25) is 36.7 Å². The number of rotatable bonds is 16. The lowest BCUT2D eigenvalue weighted by molar-refractivity contribution is -0.122. The Kier molecular flexibility index (Phi) is 20.2. The number of hydrogen-bond acceptors (Lipinski definition) is 7. The van der Waals surface area contributed by atoms with Crippen LogP contribution in [0, 0.1) is 17.8 Å². The van der Waals surface area contributed by atoms with E-state index in [1.54, 1.807) is 0 Å². The summed E-state index contributed by atoms with van der Waals surface area (Å²) >= 11 is 36.7. The average Bonchev–Trinajstić information content (AvgIpc) is 2.61.